The van der Waals surface area contributed by atoms with Crippen molar-refractivity contribution < 1.29 is 40.8 Å². The molecule has 0 amide bonds. The third kappa shape index (κ3) is 5.20. The van der Waals surface area contributed by atoms with Gasteiger partial charge in [-0.25, -0.2) is 4.57 Å². The van der Waals surface area contributed by atoms with Crippen LogP contribution in [0, 0.1) is 0 Å². The Morgan fingerprint density at radius 1 is 1.25 bits per heavy atom. The van der Waals surface area contributed by atoms with E-state index in [0.29, 0.717) is 0 Å². The van der Waals surface area contributed by atoms with Crippen LogP contribution in [-0.2, 0) is 9.09 Å². The van der Waals surface area contributed by atoms with Crippen LogP contribution in [-0.4, -0.2) is 28.0 Å². The van der Waals surface area contributed by atoms with E-state index in [2.05, 4.69) is 4.52 Å². The first-order chi connectivity index (χ1) is 6.89. The Morgan fingerprint density at radius 2 is 1.69 bits per heavy atom. The van der Waals surface area contributed by atoms with Gasteiger partial charge in [0.2, 0.25) is 0 Å². The van der Waals surface area contributed by atoms with Gasteiger partial charge in [0, 0.05) is 6.42 Å². The molecule has 0 aromatic carbocycles. The molecule has 0 aromatic rings. The Bertz CT molecular complexity index is 273. The third-order valence-corrected chi connectivity index (χ3v) is 2.21. The molecule has 4 nitrogen and oxygen atoms in total. The van der Waals surface area contributed by atoms with Crippen LogP contribution >= 0.6 is 7.82 Å². The molecule has 0 saturated carbocycles. The predicted octanol–water partition coefficient (Wildman–Crippen LogP) is 2.46. The molecule has 98 valence electrons. The van der Waals surface area contributed by atoms with Crippen molar-refractivity contribution in [2.24, 2.45) is 0 Å². The summed E-state index contributed by atoms with van der Waals surface area (Å²) in [5, 5.41) is 0. The lowest BCUT2D eigenvalue weighted by Gasteiger charge is -2.24. The highest BCUT2D eigenvalue weighted by Gasteiger charge is 2.58. The molecular weight excluding hydrogens is 262 g/mol. The first-order valence-corrected chi connectivity index (χ1v) is 5.60. The van der Waals surface area contributed by atoms with Gasteiger partial charge in [0.25, 0.3) is 0 Å². The van der Waals surface area contributed by atoms with Gasteiger partial charge in [-0.3, -0.25) is 4.52 Å². The fourth-order valence-electron chi connectivity index (χ4n) is 0.852. The number of hydrogen-bond donors (Lipinski definition) is 2. The Morgan fingerprint density at radius 3 is 1.94 bits per heavy atom. The molecule has 0 aliphatic rings. The molecular formula is C6H10F5O4P. The highest BCUT2D eigenvalue weighted by atomic mass is 31.2. The van der Waals surface area contributed by atoms with Gasteiger partial charge in [-0.2, -0.15) is 22.0 Å². The van der Waals surface area contributed by atoms with Gasteiger partial charge in [0.1, 0.15) is 0 Å². The van der Waals surface area contributed by atoms with Crippen molar-refractivity contribution in [2.45, 2.75) is 38.0 Å². The van der Waals surface area contributed by atoms with E-state index in [1.807, 2.05) is 0 Å². The zero-order chi connectivity index (χ0) is 13.2. The van der Waals surface area contributed by atoms with E-state index in [1.165, 1.54) is 6.92 Å². The lowest BCUT2D eigenvalue weighted by Crippen LogP contribution is -2.39. The average Bonchev–Trinajstić information content (AvgIpc) is 1.97. The zero-order valence-corrected chi connectivity index (χ0v) is 8.93. The number of phosphoric ester groups is 1. The van der Waals surface area contributed by atoms with Gasteiger partial charge >= 0.3 is 19.9 Å². The molecule has 0 spiro atoms. The number of hydrogen-bond acceptors (Lipinski definition) is 2. The number of alkyl halides is 5. The van der Waals surface area contributed by atoms with Crippen molar-refractivity contribution in [1.29, 1.82) is 0 Å². The zero-order valence-electron chi connectivity index (χ0n) is 8.04. The third-order valence-electron chi connectivity index (χ3n) is 1.64. The summed E-state index contributed by atoms with van der Waals surface area (Å²) in [7, 11) is -5.08. The van der Waals surface area contributed by atoms with Crippen molar-refractivity contribution in [1.82, 2.24) is 0 Å². The van der Waals surface area contributed by atoms with Crippen molar-refractivity contribution in [3.63, 3.8) is 0 Å². The van der Waals surface area contributed by atoms with Crippen LogP contribution in [0.4, 0.5) is 22.0 Å². The smallest absolute Gasteiger partial charge is 0.303 e. The summed E-state index contributed by atoms with van der Waals surface area (Å²) in [5.41, 5.74) is 0. The second-order valence-corrected chi connectivity index (χ2v) is 4.22. The summed E-state index contributed by atoms with van der Waals surface area (Å²) in [6, 6.07) is 0. The molecule has 0 heterocycles. The molecule has 2 N–H and O–H groups in total. The lowest BCUT2D eigenvalue weighted by atomic mass is 10.1. The van der Waals surface area contributed by atoms with E-state index in [0.717, 1.165) is 0 Å². The maximum atomic E-state index is 12.5. The van der Waals surface area contributed by atoms with Crippen molar-refractivity contribution in [3.05, 3.63) is 0 Å². The Hall–Kier alpha value is -0.240. The summed E-state index contributed by atoms with van der Waals surface area (Å²) in [6.07, 6.45) is -9.83. The van der Waals surface area contributed by atoms with Crippen LogP contribution < -0.4 is 0 Å². The summed E-state index contributed by atoms with van der Waals surface area (Å²) in [5.74, 6) is -5.04. The summed E-state index contributed by atoms with van der Waals surface area (Å²) in [6.45, 7) is 1.17. The van der Waals surface area contributed by atoms with E-state index in [1.54, 1.807) is 0 Å². The SMILES string of the molecule is CCC(CC(F)(F)C(F)(F)F)OP(=O)(O)O. The van der Waals surface area contributed by atoms with Crippen molar-refractivity contribution in [3.8, 4) is 0 Å². The lowest BCUT2D eigenvalue weighted by molar-refractivity contribution is -0.289. The first kappa shape index (κ1) is 15.8. The Labute approximate surface area is 87.6 Å². The van der Waals surface area contributed by atoms with Crippen molar-refractivity contribution in [2.75, 3.05) is 0 Å². The molecule has 0 fully saturated rings. The number of phosphoric acid groups is 1. The van der Waals surface area contributed by atoms with Crippen LogP contribution in [0.5, 0.6) is 0 Å². The van der Waals surface area contributed by atoms with Gasteiger partial charge in [-0.1, -0.05) is 6.92 Å². The molecule has 0 radical (unpaired) electrons. The van der Waals surface area contributed by atoms with E-state index < -0.39 is 32.4 Å². The molecule has 10 heteroatoms. The van der Waals surface area contributed by atoms with Gasteiger partial charge in [0.15, 0.2) is 0 Å². The highest BCUT2D eigenvalue weighted by Crippen LogP contribution is 2.44. The topological polar surface area (TPSA) is 66.8 Å². The summed E-state index contributed by atoms with van der Waals surface area (Å²) in [4.78, 5) is 16.6. The molecule has 0 aliphatic carbocycles. The molecule has 0 rings (SSSR count). The average molecular weight is 272 g/mol. The van der Waals surface area contributed by atoms with E-state index >= 15 is 0 Å². The fourth-order valence-corrected chi connectivity index (χ4v) is 1.46. The van der Waals surface area contributed by atoms with E-state index in [-0.39, 0.29) is 6.42 Å². The Kier molecular flexibility index (Phi) is 4.88. The molecule has 0 aliphatic heterocycles. The van der Waals surface area contributed by atoms with Crippen LogP contribution in [0.3, 0.4) is 0 Å². The van der Waals surface area contributed by atoms with E-state index in [4.69, 9.17) is 9.79 Å². The van der Waals surface area contributed by atoms with Gasteiger partial charge < -0.3 is 9.79 Å². The van der Waals surface area contributed by atoms with Crippen LogP contribution in [0.2, 0.25) is 0 Å². The molecule has 0 bridgehead atoms. The number of halogens is 5. The minimum Gasteiger partial charge on any atom is -0.303 e. The summed E-state index contributed by atoms with van der Waals surface area (Å²) < 4.78 is 74.3. The molecule has 0 saturated heterocycles. The second kappa shape index (κ2) is 4.95. The minimum atomic E-state index is -5.77. The molecule has 1 atom stereocenters. The van der Waals surface area contributed by atoms with Crippen molar-refractivity contribution >= 4 is 7.82 Å². The Balaban J connectivity index is 4.62. The fraction of sp³-hybridized carbons (Fsp3) is 1.00. The van der Waals surface area contributed by atoms with E-state index in [9.17, 15) is 26.5 Å². The van der Waals surface area contributed by atoms with Crippen LogP contribution in [0.1, 0.15) is 19.8 Å². The molecule has 0 aromatic heterocycles. The monoisotopic (exact) mass is 272 g/mol. The normalized spacial score (nSPS) is 16.2. The van der Waals surface area contributed by atoms with Gasteiger partial charge in [-0.15, -0.1) is 0 Å². The van der Waals surface area contributed by atoms with Crippen LogP contribution in [0.25, 0.3) is 0 Å². The highest BCUT2D eigenvalue weighted by molar-refractivity contribution is 7.46. The first-order valence-electron chi connectivity index (χ1n) is 4.07. The molecule has 1 unspecified atom stereocenters. The second-order valence-electron chi connectivity index (χ2n) is 3.03. The van der Waals surface area contributed by atoms with Gasteiger partial charge in [-0.05, 0) is 6.42 Å². The summed E-state index contributed by atoms with van der Waals surface area (Å²) >= 11 is 0. The molecule has 16 heavy (non-hydrogen) atoms. The quantitative estimate of drug-likeness (QED) is 0.596. The predicted molar refractivity (Wildman–Crippen MR) is 42.8 cm³/mol. The van der Waals surface area contributed by atoms with Gasteiger partial charge in [0.05, 0.1) is 6.10 Å². The maximum absolute atomic E-state index is 12.5. The minimum absolute atomic E-state index is 0.378. The maximum Gasteiger partial charge on any atom is 0.469 e. The number of rotatable bonds is 5. The largest absolute Gasteiger partial charge is 0.469 e. The standard InChI is InChI=1S/C6H10F5O4P/c1-2-4(15-16(12,13)14)3-5(7,8)6(9,10)11/h4H,2-3H2,1H3,(H2,12,13,14). The van der Waals surface area contributed by atoms with Crippen LogP contribution in [0.15, 0.2) is 0 Å².